The van der Waals surface area contributed by atoms with Crippen molar-refractivity contribution in [1.82, 2.24) is 4.98 Å². The number of fused-ring (bicyclic) bond motifs is 1. The maximum Gasteiger partial charge on any atom is 0.229 e. The van der Waals surface area contributed by atoms with Gasteiger partial charge in [-0.2, -0.15) is 0 Å². The smallest absolute Gasteiger partial charge is 0.229 e. The van der Waals surface area contributed by atoms with Gasteiger partial charge in [0.05, 0.1) is 6.26 Å². The predicted molar refractivity (Wildman–Crippen MR) is 101 cm³/mol. The SMILES string of the molecule is CCCc1ccccc1-c1c(C)[nH]c2ccc(NS(C)(=O)=O)cc12. The number of hydrogen-bond donors (Lipinski definition) is 2. The Morgan fingerprint density at radius 3 is 2.58 bits per heavy atom. The van der Waals surface area contributed by atoms with Crippen molar-refractivity contribution in [2.75, 3.05) is 11.0 Å². The lowest BCUT2D eigenvalue weighted by atomic mass is 9.95. The Balaban J connectivity index is 2.21. The molecular formula is C19H22N2O2S. The van der Waals surface area contributed by atoms with Crippen LogP contribution < -0.4 is 4.72 Å². The van der Waals surface area contributed by atoms with Crippen LogP contribution in [0.15, 0.2) is 42.5 Å². The van der Waals surface area contributed by atoms with E-state index in [0.717, 1.165) is 41.3 Å². The highest BCUT2D eigenvalue weighted by atomic mass is 32.2. The highest BCUT2D eigenvalue weighted by molar-refractivity contribution is 7.92. The second kappa shape index (κ2) is 6.32. The van der Waals surface area contributed by atoms with E-state index in [-0.39, 0.29) is 0 Å². The first-order valence-electron chi connectivity index (χ1n) is 8.07. The zero-order valence-electron chi connectivity index (χ0n) is 14.2. The molecule has 1 heterocycles. The lowest BCUT2D eigenvalue weighted by Crippen LogP contribution is -2.09. The van der Waals surface area contributed by atoms with E-state index in [1.165, 1.54) is 11.1 Å². The highest BCUT2D eigenvalue weighted by Crippen LogP contribution is 2.36. The van der Waals surface area contributed by atoms with Gasteiger partial charge in [0.1, 0.15) is 0 Å². The lowest BCUT2D eigenvalue weighted by Gasteiger charge is -2.10. The molecule has 0 bridgehead atoms. The molecule has 0 radical (unpaired) electrons. The largest absolute Gasteiger partial charge is 0.358 e. The van der Waals surface area contributed by atoms with Crippen molar-refractivity contribution in [3.8, 4) is 11.1 Å². The van der Waals surface area contributed by atoms with E-state index in [1.54, 1.807) is 6.07 Å². The third-order valence-electron chi connectivity index (χ3n) is 4.10. The van der Waals surface area contributed by atoms with Crippen molar-refractivity contribution in [1.29, 1.82) is 0 Å². The van der Waals surface area contributed by atoms with E-state index in [9.17, 15) is 8.42 Å². The van der Waals surface area contributed by atoms with Crippen LogP contribution in [0.25, 0.3) is 22.0 Å². The Hall–Kier alpha value is -2.27. The molecule has 0 aliphatic heterocycles. The van der Waals surface area contributed by atoms with E-state index >= 15 is 0 Å². The minimum absolute atomic E-state index is 0.582. The Morgan fingerprint density at radius 2 is 1.88 bits per heavy atom. The number of nitrogens with one attached hydrogen (secondary N) is 2. The van der Waals surface area contributed by atoms with Crippen molar-refractivity contribution in [2.45, 2.75) is 26.7 Å². The Bertz CT molecular complexity index is 988. The third-order valence-corrected chi connectivity index (χ3v) is 4.70. The van der Waals surface area contributed by atoms with Gasteiger partial charge in [-0.25, -0.2) is 8.42 Å². The van der Waals surface area contributed by atoms with E-state index in [1.807, 2.05) is 18.2 Å². The minimum Gasteiger partial charge on any atom is -0.358 e. The fourth-order valence-electron chi connectivity index (χ4n) is 3.20. The normalized spacial score (nSPS) is 11.8. The summed E-state index contributed by atoms with van der Waals surface area (Å²) in [7, 11) is -3.29. The number of H-pyrrole nitrogens is 1. The van der Waals surface area contributed by atoms with Crippen molar-refractivity contribution in [3.63, 3.8) is 0 Å². The molecule has 0 amide bonds. The Morgan fingerprint density at radius 1 is 1.12 bits per heavy atom. The lowest BCUT2D eigenvalue weighted by molar-refractivity contribution is 0.607. The second-order valence-electron chi connectivity index (χ2n) is 6.17. The van der Waals surface area contributed by atoms with Crippen molar-refractivity contribution in [3.05, 3.63) is 53.7 Å². The summed E-state index contributed by atoms with van der Waals surface area (Å²) in [6.45, 7) is 4.23. The molecule has 1 aromatic heterocycles. The highest BCUT2D eigenvalue weighted by Gasteiger charge is 2.14. The number of aromatic nitrogens is 1. The molecule has 0 aliphatic carbocycles. The number of rotatable bonds is 5. The molecule has 126 valence electrons. The van der Waals surface area contributed by atoms with Crippen LogP contribution in [-0.4, -0.2) is 19.7 Å². The van der Waals surface area contributed by atoms with Gasteiger partial charge in [-0.15, -0.1) is 0 Å². The Kier molecular flexibility index (Phi) is 4.37. The molecule has 0 saturated heterocycles. The summed E-state index contributed by atoms with van der Waals surface area (Å²) in [5.41, 5.74) is 6.34. The minimum atomic E-state index is -3.29. The van der Waals surface area contributed by atoms with Gasteiger partial charge in [0.2, 0.25) is 10.0 Å². The first kappa shape index (κ1) is 16.6. The molecule has 4 nitrogen and oxygen atoms in total. The van der Waals surface area contributed by atoms with Gasteiger partial charge in [-0.05, 0) is 42.7 Å². The summed E-state index contributed by atoms with van der Waals surface area (Å²) in [6.07, 6.45) is 3.26. The number of hydrogen-bond acceptors (Lipinski definition) is 2. The summed E-state index contributed by atoms with van der Waals surface area (Å²) in [5, 5.41) is 1.03. The number of benzene rings is 2. The van der Waals surface area contributed by atoms with Crippen molar-refractivity contribution in [2.24, 2.45) is 0 Å². The summed E-state index contributed by atoms with van der Waals surface area (Å²) < 4.78 is 25.6. The van der Waals surface area contributed by atoms with E-state index in [0.29, 0.717) is 5.69 Å². The van der Waals surface area contributed by atoms with Crippen LogP contribution in [0.1, 0.15) is 24.6 Å². The van der Waals surface area contributed by atoms with Gasteiger partial charge in [0, 0.05) is 27.8 Å². The molecule has 5 heteroatoms. The van der Waals surface area contributed by atoms with Gasteiger partial charge in [-0.3, -0.25) is 4.72 Å². The average molecular weight is 342 g/mol. The van der Waals surface area contributed by atoms with Crippen LogP contribution in [0.2, 0.25) is 0 Å². The van der Waals surface area contributed by atoms with Gasteiger partial charge >= 0.3 is 0 Å². The van der Waals surface area contributed by atoms with Gasteiger partial charge < -0.3 is 4.98 Å². The summed E-state index contributed by atoms with van der Waals surface area (Å²) in [5.74, 6) is 0. The molecule has 0 unspecified atom stereocenters. The van der Waals surface area contributed by atoms with Crippen LogP contribution in [0.4, 0.5) is 5.69 Å². The molecule has 2 aromatic carbocycles. The molecule has 2 N–H and O–H groups in total. The van der Waals surface area contributed by atoms with E-state index < -0.39 is 10.0 Å². The standard InChI is InChI=1S/C19H22N2O2S/c1-4-7-14-8-5-6-9-16(14)19-13(2)20-18-11-10-15(12-17(18)19)21-24(3,22)23/h5-6,8-12,20-21H,4,7H2,1-3H3. The first-order valence-corrected chi connectivity index (χ1v) is 9.96. The fraction of sp³-hybridized carbons (Fsp3) is 0.263. The van der Waals surface area contributed by atoms with Crippen LogP contribution in [0, 0.1) is 6.92 Å². The number of sulfonamides is 1. The molecule has 3 rings (SSSR count). The first-order chi connectivity index (χ1) is 11.4. The molecule has 0 fully saturated rings. The molecule has 24 heavy (non-hydrogen) atoms. The fourth-order valence-corrected chi connectivity index (χ4v) is 3.76. The topological polar surface area (TPSA) is 62.0 Å². The van der Waals surface area contributed by atoms with Crippen molar-refractivity contribution < 1.29 is 8.42 Å². The predicted octanol–water partition coefficient (Wildman–Crippen LogP) is 4.47. The average Bonchev–Trinajstić information content (AvgIpc) is 2.82. The quantitative estimate of drug-likeness (QED) is 0.719. The third kappa shape index (κ3) is 3.31. The van der Waals surface area contributed by atoms with E-state index in [2.05, 4.69) is 41.8 Å². The van der Waals surface area contributed by atoms with Crippen LogP contribution in [0.3, 0.4) is 0 Å². The summed E-state index contributed by atoms with van der Waals surface area (Å²) in [4.78, 5) is 3.41. The maximum atomic E-state index is 11.5. The van der Waals surface area contributed by atoms with Crippen LogP contribution >= 0.6 is 0 Å². The van der Waals surface area contributed by atoms with Gasteiger partial charge in [0.15, 0.2) is 0 Å². The van der Waals surface area contributed by atoms with Gasteiger partial charge in [-0.1, -0.05) is 37.6 Å². The Labute approximate surface area is 143 Å². The number of anilines is 1. The maximum absolute atomic E-state index is 11.5. The molecule has 0 saturated carbocycles. The molecular weight excluding hydrogens is 320 g/mol. The molecule has 0 aliphatic rings. The molecule has 0 atom stereocenters. The summed E-state index contributed by atoms with van der Waals surface area (Å²) in [6, 6.07) is 14.0. The van der Waals surface area contributed by atoms with E-state index in [4.69, 9.17) is 0 Å². The van der Waals surface area contributed by atoms with Gasteiger partial charge in [0.25, 0.3) is 0 Å². The molecule has 0 spiro atoms. The van der Waals surface area contributed by atoms with Crippen LogP contribution in [-0.2, 0) is 16.4 Å². The van der Waals surface area contributed by atoms with Crippen LogP contribution in [0.5, 0.6) is 0 Å². The van der Waals surface area contributed by atoms with Crippen molar-refractivity contribution >= 4 is 26.6 Å². The zero-order chi connectivity index (χ0) is 17.3. The zero-order valence-corrected chi connectivity index (χ0v) is 15.0. The summed E-state index contributed by atoms with van der Waals surface area (Å²) >= 11 is 0. The second-order valence-corrected chi connectivity index (χ2v) is 7.92. The monoisotopic (exact) mass is 342 g/mol. The molecule has 3 aromatic rings. The number of aryl methyl sites for hydroxylation is 2. The number of aromatic amines is 1.